The van der Waals surface area contributed by atoms with Crippen LogP contribution in [0.2, 0.25) is 5.15 Å². The summed E-state index contributed by atoms with van der Waals surface area (Å²) in [5.74, 6) is 0.808. The minimum atomic E-state index is 0.0594. The first kappa shape index (κ1) is 13.6. The van der Waals surface area contributed by atoms with Crippen molar-refractivity contribution in [2.45, 2.75) is 12.4 Å². The average molecular weight is 299 g/mol. The van der Waals surface area contributed by atoms with Crippen molar-refractivity contribution in [2.75, 3.05) is 16.8 Å². The summed E-state index contributed by atoms with van der Waals surface area (Å²) in [6, 6.07) is 5.60. The van der Waals surface area contributed by atoms with Gasteiger partial charge in [-0.05, 0) is 12.1 Å². The summed E-state index contributed by atoms with van der Waals surface area (Å²) in [5, 5.41) is 3.14. The second-order valence-corrected chi connectivity index (χ2v) is 4.37. The maximum Gasteiger partial charge on any atom is 0.223 e. The molecule has 0 radical (unpaired) electrons. The topological polar surface area (TPSA) is 103 Å². The largest absolute Gasteiger partial charge is 0.393 e. The standard InChI is InChI=1S/C11H12Cl2N6/c12-4-6-2-1-3-7(17-6)5-16-10-8(14)9(13)18-11(15)19-10/h1-3H,4-5,14H2,(H3,15,16,18,19). The summed E-state index contributed by atoms with van der Waals surface area (Å²) in [5.41, 5.74) is 13.1. The van der Waals surface area contributed by atoms with Crippen molar-refractivity contribution in [3.63, 3.8) is 0 Å². The number of nitrogens with one attached hydrogen (secondary N) is 1. The lowest BCUT2D eigenvalue weighted by atomic mass is 10.3. The van der Waals surface area contributed by atoms with E-state index in [0.717, 1.165) is 11.4 Å². The fourth-order valence-electron chi connectivity index (χ4n) is 1.47. The first-order chi connectivity index (χ1) is 9.10. The number of anilines is 3. The van der Waals surface area contributed by atoms with E-state index in [1.807, 2.05) is 18.2 Å². The van der Waals surface area contributed by atoms with Crippen LogP contribution in [0.1, 0.15) is 11.4 Å². The van der Waals surface area contributed by atoms with E-state index in [1.165, 1.54) is 0 Å². The van der Waals surface area contributed by atoms with Crippen molar-refractivity contribution >= 4 is 40.7 Å². The molecule has 6 nitrogen and oxygen atoms in total. The maximum absolute atomic E-state index is 5.82. The highest BCUT2D eigenvalue weighted by Gasteiger charge is 2.08. The molecule has 0 aromatic carbocycles. The Morgan fingerprint density at radius 1 is 1.11 bits per heavy atom. The highest BCUT2D eigenvalue weighted by Crippen LogP contribution is 2.24. The molecule has 0 spiro atoms. The Balaban J connectivity index is 2.14. The first-order valence-corrected chi connectivity index (χ1v) is 6.34. The third kappa shape index (κ3) is 3.36. The van der Waals surface area contributed by atoms with Gasteiger partial charge in [0.15, 0.2) is 11.0 Å². The summed E-state index contributed by atoms with van der Waals surface area (Å²) in [6.45, 7) is 0.432. The van der Waals surface area contributed by atoms with Crippen LogP contribution in [0, 0.1) is 0 Å². The van der Waals surface area contributed by atoms with Crippen LogP contribution in [0.5, 0.6) is 0 Å². The number of hydrogen-bond acceptors (Lipinski definition) is 6. The van der Waals surface area contributed by atoms with E-state index < -0.39 is 0 Å². The number of halogens is 2. The van der Waals surface area contributed by atoms with E-state index in [0.29, 0.717) is 18.2 Å². The third-order valence-electron chi connectivity index (χ3n) is 2.35. The molecule has 0 aliphatic rings. The lowest BCUT2D eigenvalue weighted by molar-refractivity contribution is 0.994. The zero-order valence-electron chi connectivity index (χ0n) is 9.90. The molecular weight excluding hydrogens is 287 g/mol. The van der Waals surface area contributed by atoms with Crippen molar-refractivity contribution in [3.8, 4) is 0 Å². The Morgan fingerprint density at radius 3 is 2.58 bits per heavy atom. The van der Waals surface area contributed by atoms with Crippen LogP contribution in [-0.2, 0) is 12.4 Å². The number of nitrogens with zero attached hydrogens (tertiary/aromatic N) is 3. The lowest BCUT2D eigenvalue weighted by Gasteiger charge is -2.09. The molecule has 0 aliphatic heterocycles. The predicted molar refractivity (Wildman–Crippen MR) is 77.0 cm³/mol. The minimum absolute atomic E-state index is 0.0594. The smallest absolute Gasteiger partial charge is 0.223 e. The SMILES string of the molecule is Nc1nc(Cl)c(N)c(NCc2cccc(CCl)n2)n1. The Bertz CT molecular complexity index is 589. The molecule has 8 heteroatoms. The van der Waals surface area contributed by atoms with Crippen LogP contribution in [0.4, 0.5) is 17.5 Å². The molecule has 2 rings (SSSR count). The second-order valence-electron chi connectivity index (χ2n) is 3.74. The van der Waals surface area contributed by atoms with Crippen molar-refractivity contribution in [3.05, 3.63) is 34.7 Å². The van der Waals surface area contributed by atoms with E-state index in [4.69, 9.17) is 34.7 Å². The number of nitrogen functional groups attached to an aromatic ring is 2. The quantitative estimate of drug-likeness (QED) is 0.589. The fourth-order valence-corrected chi connectivity index (χ4v) is 1.79. The Morgan fingerprint density at radius 2 is 1.84 bits per heavy atom. The van der Waals surface area contributed by atoms with Gasteiger partial charge in [-0.25, -0.2) is 0 Å². The number of aromatic nitrogens is 3. The maximum atomic E-state index is 5.82. The Kier molecular flexibility index (Phi) is 4.24. The van der Waals surface area contributed by atoms with Crippen LogP contribution in [0.15, 0.2) is 18.2 Å². The van der Waals surface area contributed by atoms with E-state index in [9.17, 15) is 0 Å². The van der Waals surface area contributed by atoms with Gasteiger partial charge in [0.1, 0.15) is 5.69 Å². The Hall–Kier alpha value is -1.79. The molecule has 0 aliphatic carbocycles. The van der Waals surface area contributed by atoms with Crippen molar-refractivity contribution in [1.29, 1.82) is 0 Å². The zero-order chi connectivity index (χ0) is 13.8. The molecule has 2 aromatic heterocycles. The molecular formula is C11H12Cl2N6. The molecule has 0 fully saturated rings. The summed E-state index contributed by atoms with van der Waals surface area (Å²) < 4.78 is 0. The molecule has 5 N–H and O–H groups in total. The molecule has 0 bridgehead atoms. The van der Waals surface area contributed by atoms with Gasteiger partial charge in [-0.2, -0.15) is 9.97 Å². The molecule has 100 valence electrons. The van der Waals surface area contributed by atoms with Gasteiger partial charge >= 0.3 is 0 Å². The number of rotatable bonds is 4. The minimum Gasteiger partial charge on any atom is -0.393 e. The molecule has 0 saturated carbocycles. The fraction of sp³-hybridized carbons (Fsp3) is 0.182. The first-order valence-electron chi connectivity index (χ1n) is 5.43. The highest BCUT2D eigenvalue weighted by atomic mass is 35.5. The number of hydrogen-bond donors (Lipinski definition) is 3. The van der Waals surface area contributed by atoms with Gasteiger partial charge < -0.3 is 16.8 Å². The third-order valence-corrected chi connectivity index (χ3v) is 2.92. The van der Waals surface area contributed by atoms with Crippen LogP contribution in [0.25, 0.3) is 0 Å². The lowest BCUT2D eigenvalue weighted by Crippen LogP contribution is -2.09. The van der Waals surface area contributed by atoms with Crippen LogP contribution < -0.4 is 16.8 Å². The predicted octanol–water partition coefficient (Wildman–Crippen LogP) is 2.04. The molecule has 2 heterocycles. The van der Waals surface area contributed by atoms with Crippen LogP contribution >= 0.6 is 23.2 Å². The van der Waals surface area contributed by atoms with Crippen LogP contribution in [0.3, 0.4) is 0 Å². The summed E-state index contributed by atoms with van der Waals surface area (Å²) in [4.78, 5) is 12.1. The molecule has 2 aromatic rings. The highest BCUT2D eigenvalue weighted by molar-refractivity contribution is 6.32. The Labute approximate surface area is 120 Å². The van der Waals surface area contributed by atoms with Crippen molar-refractivity contribution in [2.24, 2.45) is 0 Å². The molecule has 0 saturated heterocycles. The van der Waals surface area contributed by atoms with E-state index >= 15 is 0 Å². The van der Waals surface area contributed by atoms with Crippen LogP contribution in [-0.4, -0.2) is 15.0 Å². The van der Waals surface area contributed by atoms with Gasteiger partial charge in [-0.15, -0.1) is 11.6 Å². The van der Waals surface area contributed by atoms with Gasteiger partial charge in [-0.1, -0.05) is 17.7 Å². The number of alkyl halides is 1. The van der Waals surface area contributed by atoms with E-state index in [1.54, 1.807) is 0 Å². The van der Waals surface area contributed by atoms with Gasteiger partial charge in [0, 0.05) is 0 Å². The van der Waals surface area contributed by atoms with Gasteiger partial charge in [-0.3, -0.25) is 4.98 Å². The second kappa shape index (κ2) is 5.90. The summed E-state index contributed by atoms with van der Waals surface area (Å²) in [7, 11) is 0. The normalized spacial score (nSPS) is 10.4. The molecule has 19 heavy (non-hydrogen) atoms. The van der Waals surface area contributed by atoms with Crippen molar-refractivity contribution in [1.82, 2.24) is 15.0 Å². The molecule has 0 unspecified atom stereocenters. The zero-order valence-corrected chi connectivity index (χ0v) is 11.4. The average Bonchev–Trinajstić information content (AvgIpc) is 2.41. The monoisotopic (exact) mass is 298 g/mol. The van der Waals surface area contributed by atoms with Crippen molar-refractivity contribution < 1.29 is 0 Å². The number of pyridine rings is 1. The summed E-state index contributed by atoms with van der Waals surface area (Å²) >= 11 is 11.5. The van der Waals surface area contributed by atoms with E-state index in [2.05, 4.69) is 20.3 Å². The van der Waals surface area contributed by atoms with Gasteiger partial charge in [0.05, 0.1) is 23.8 Å². The van der Waals surface area contributed by atoms with Gasteiger partial charge in [0.25, 0.3) is 0 Å². The van der Waals surface area contributed by atoms with Gasteiger partial charge in [0.2, 0.25) is 5.95 Å². The summed E-state index contributed by atoms with van der Waals surface area (Å²) in [6.07, 6.45) is 0. The van der Waals surface area contributed by atoms with E-state index in [-0.39, 0.29) is 16.8 Å². The molecule has 0 atom stereocenters. The molecule has 0 amide bonds. The number of nitrogens with two attached hydrogens (primary N) is 2.